The predicted molar refractivity (Wildman–Crippen MR) is 132 cm³/mol. The molecule has 1 unspecified atom stereocenters. The molecule has 1 N–H and O–H groups in total. The average molecular weight is 507 g/mol. The molecule has 6 rings (SSSR count). The van der Waals surface area contributed by atoms with Gasteiger partial charge in [-0.2, -0.15) is 5.10 Å². The monoisotopic (exact) mass is 506 g/mol. The van der Waals surface area contributed by atoms with Crippen LogP contribution in [0.2, 0.25) is 0 Å². The van der Waals surface area contributed by atoms with Crippen LogP contribution in [0.4, 0.5) is 14.5 Å². The van der Waals surface area contributed by atoms with E-state index in [1.165, 1.54) is 12.1 Å². The molecule has 37 heavy (non-hydrogen) atoms. The van der Waals surface area contributed by atoms with Crippen molar-refractivity contribution in [3.8, 4) is 0 Å². The molecule has 1 aromatic carbocycles. The first-order chi connectivity index (χ1) is 18.0. The van der Waals surface area contributed by atoms with Crippen LogP contribution in [0.3, 0.4) is 0 Å². The number of benzene rings is 1. The number of nitrogens with zero attached hydrogens (tertiary/aromatic N) is 7. The summed E-state index contributed by atoms with van der Waals surface area (Å²) >= 11 is 0. The lowest BCUT2D eigenvalue weighted by molar-refractivity contribution is 0.0927. The number of halogens is 2. The average Bonchev–Trinajstić information content (AvgIpc) is 3.63. The summed E-state index contributed by atoms with van der Waals surface area (Å²) in [6.45, 7) is 0.763. The zero-order valence-electron chi connectivity index (χ0n) is 20.5. The highest BCUT2D eigenvalue weighted by Gasteiger charge is 2.29. The van der Waals surface area contributed by atoms with Crippen molar-refractivity contribution in [1.29, 1.82) is 0 Å². The number of aromatic nitrogens is 6. The summed E-state index contributed by atoms with van der Waals surface area (Å²) in [4.78, 5) is 15.4. The van der Waals surface area contributed by atoms with Crippen molar-refractivity contribution in [2.45, 2.75) is 56.5 Å². The van der Waals surface area contributed by atoms with Gasteiger partial charge in [-0.05, 0) is 78.8 Å². The van der Waals surface area contributed by atoms with Gasteiger partial charge in [-0.1, -0.05) is 0 Å². The van der Waals surface area contributed by atoms with Gasteiger partial charge in [0, 0.05) is 43.5 Å². The van der Waals surface area contributed by atoms with E-state index in [0.29, 0.717) is 22.6 Å². The van der Waals surface area contributed by atoms with Crippen molar-refractivity contribution < 1.29 is 13.6 Å². The molecule has 11 heteroatoms. The van der Waals surface area contributed by atoms with Crippen LogP contribution < -0.4 is 10.2 Å². The number of nitrogens with one attached hydrogen (secondary N) is 1. The van der Waals surface area contributed by atoms with Gasteiger partial charge in [0.25, 0.3) is 5.91 Å². The molecule has 192 valence electrons. The van der Waals surface area contributed by atoms with Gasteiger partial charge in [0.15, 0.2) is 5.82 Å². The summed E-state index contributed by atoms with van der Waals surface area (Å²) in [5.74, 6) is -0.112. The molecule has 4 aromatic rings. The first kappa shape index (κ1) is 23.5. The number of anilines is 1. The van der Waals surface area contributed by atoms with E-state index in [4.69, 9.17) is 0 Å². The molecule has 2 fully saturated rings. The van der Waals surface area contributed by atoms with Gasteiger partial charge in [0.2, 0.25) is 0 Å². The lowest BCUT2D eigenvalue weighted by Gasteiger charge is -2.28. The van der Waals surface area contributed by atoms with Gasteiger partial charge >= 0.3 is 0 Å². The summed E-state index contributed by atoms with van der Waals surface area (Å²) in [5.41, 5.74) is 2.72. The van der Waals surface area contributed by atoms with Gasteiger partial charge in [-0.3, -0.25) is 4.79 Å². The van der Waals surface area contributed by atoms with Gasteiger partial charge in [0.1, 0.15) is 11.6 Å². The third-order valence-corrected chi connectivity index (χ3v) is 7.68. The lowest BCUT2D eigenvalue weighted by Crippen LogP contribution is -2.37. The van der Waals surface area contributed by atoms with Gasteiger partial charge < -0.3 is 10.2 Å². The van der Waals surface area contributed by atoms with E-state index in [2.05, 4.69) is 30.8 Å². The van der Waals surface area contributed by atoms with Crippen LogP contribution in [0.15, 0.2) is 42.7 Å². The molecule has 0 radical (unpaired) electrons. The minimum absolute atomic E-state index is 0.0777. The zero-order chi connectivity index (χ0) is 25.5. The second-order valence-electron chi connectivity index (χ2n) is 10.0. The van der Waals surface area contributed by atoms with Crippen LogP contribution in [0, 0.1) is 11.6 Å². The van der Waals surface area contributed by atoms with E-state index in [9.17, 15) is 13.6 Å². The summed E-state index contributed by atoms with van der Waals surface area (Å²) in [7, 11) is 1.85. The third-order valence-electron chi connectivity index (χ3n) is 7.68. The molecule has 1 amide bonds. The van der Waals surface area contributed by atoms with E-state index in [-0.39, 0.29) is 18.0 Å². The molecule has 4 heterocycles. The van der Waals surface area contributed by atoms with Crippen molar-refractivity contribution in [2.24, 2.45) is 7.05 Å². The zero-order valence-corrected chi connectivity index (χ0v) is 20.5. The number of aryl methyl sites for hydroxylation is 1. The molecule has 1 saturated heterocycles. The maximum absolute atomic E-state index is 13.9. The Kier molecular flexibility index (Phi) is 6.05. The molecule has 2 aliphatic rings. The van der Waals surface area contributed by atoms with Crippen LogP contribution in [-0.2, 0) is 7.05 Å². The number of amides is 1. The molecule has 9 nitrogen and oxygen atoms in total. The van der Waals surface area contributed by atoms with E-state index in [1.807, 2.05) is 25.4 Å². The molecule has 1 aliphatic heterocycles. The highest BCUT2D eigenvalue weighted by Crippen LogP contribution is 2.37. The Labute approximate surface area is 212 Å². The number of hydrogen-bond acceptors (Lipinski definition) is 6. The Morgan fingerprint density at radius 2 is 1.84 bits per heavy atom. The summed E-state index contributed by atoms with van der Waals surface area (Å²) in [5, 5.41) is 19.4. The topological polar surface area (TPSA) is 93.2 Å². The number of carbonyl (C=O) groups is 1. The molecule has 1 saturated carbocycles. The Bertz CT molecular complexity index is 1420. The maximum atomic E-state index is 13.9. The Morgan fingerprint density at radius 1 is 1.05 bits per heavy atom. The fraction of sp³-hybridized carbons (Fsp3) is 0.423. The Balaban J connectivity index is 1.18. The van der Waals surface area contributed by atoms with Crippen LogP contribution >= 0.6 is 0 Å². The van der Waals surface area contributed by atoms with Gasteiger partial charge in [0.05, 0.1) is 23.3 Å². The van der Waals surface area contributed by atoms with E-state index in [1.54, 1.807) is 15.4 Å². The van der Waals surface area contributed by atoms with Crippen molar-refractivity contribution in [2.75, 3.05) is 11.4 Å². The normalized spacial score (nSPS) is 22.0. The number of hydrogen-bond donors (Lipinski definition) is 1. The molecular formula is C26H28F2N8O. The van der Waals surface area contributed by atoms with E-state index < -0.39 is 11.6 Å². The van der Waals surface area contributed by atoms with Crippen molar-refractivity contribution in [3.05, 3.63) is 71.3 Å². The highest BCUT2D eigenvalue weighted by molar-refractivity contribution is 6.01. The molecular weight excluding hydrogens is 478 g/mol. The molecule has 0 spiro atoms. The fourth-order valence-electron chi connectivity index (χ4n) is 5.85. The van der Waals surface area contributed by atoms with Crippen LogP contribution in [0.5, 0.6) is 0 Å². The van der Waals surface area contributed by atoms with Gasteiger partial charge in [-0.15, -0.1) is 5.10 Å². The lowest BCUT2D eigenvalue weighted by atomic mass is 9.85. The summed E-state index contributed by atoms with van der Waals surface area (Å²) < 4.78 is 31.2. The molecule has 1 atom stereocenters. The number of rotatable bonds is 5. The number of fused-ring (bicyclic) bond motifs is 1. The minimum Gasteiger partial charge on any atom is -0.364 e. The number of carbonyl (C=O) groups excluding carboxylic acids is 1. The van der Waals surface area contributed by atoms with E-state index >= 15 is 0 Å². The maximum Gasteiger partial charge on any atom is 0.255 e. The first-order valence-electron chi connectivity index (χ1n) is 12.7. The smallest absolute Gasteiger partial charge is 0.255 e. The summed E-state index contributed by atoms with van der Waals surface area (Å²) in [6.07, 6.45) is 8.66. The second kappa shape index (κ2) is 9.53. The molecule has 1 aliphatic carbocycles. The standard InChI is InChI=1S/C26H28F2N8O/c1-34-25(31-32-33-34)16-4-6-20(7-5-16)30-26(37)22-15-29-36-10-8-21(14-24(22)36)35-9-2-3-23(35)17-11-18(27)13-19(28)12-17/h8,10-16,20,23H,2-7,9H2,1H3,(H,30,37). The van der Waals surface area contributed by atoms with Crippen LogP contribution in [0.25, 0.3) is 5.52 Å². The largest absolute Gasteiger partial charge is 0.364 e. The van der Waals surface area contributed by atoms with E-state index in [0.717, 1.165) is 62.6 Å². The SMILES string of the molecule is Cn1nnnc1C1CCC(NC(=O)c2cnn3ccc(N4CCCC4c4cc(F)cc(F)c4)cc23)CC1. The fourth-order valence-corrected chi connectivity index (χ4v) is 5.85. The quantitative estimate of drug-likeness (QED) is 0.441. The molecule has 3 aromatic heterocycles. The first-order valence-corrected chi connectivity index (χ1v) is 12.7. The summed E-state index contributed by atoms with van der Waals surface area (Å²) in [6, 6.07) is 7.51. The highest BCUT2D eigenvalue weighted by atomic mass is 19.1. The van der Waals surface area contributed by atoms with Gasteiger partial charge in [-0.25, -0.2) is 18.0 Å². The number of pyridine rings is 1. The molecule has 0 bridgehead atoms. The van der Waals surface area contributed by atoms with Crippen molar-refractivity contribution in [1.82, 2.24) is 35.1 Å². The van der Waals surface area contributed by atoms with Crippen LogP contribution in [0.1, 0.15) is 72.2 Å². The van der Waals surface area contributed by atoms with Crippen molar-refractivity contribution >= 4 is 17.1 Å². The predicted octanol–water partition coefficient (Wildman–Crippen LogP) is 3.93. The Morgan fingerprint density at radius 3 is 2.57 bits per heavy atom. The number of tetrazole rings is 1. The third kappa shape index (κ3) is 4.54. The van der Waals surface area contributed by atoms with Crippen molar-refractivity contribution in [3.63, 3.8) is 0 Å². The second-order valence-corrected chi connectivity index (χ2v) is 10.0. The Hall–Kier alpha value is -3.89. The van der Waals surface area contributed by atoms with Crippen LogP contribution in [-0.4, -0.2) is 48.3 Å². The minimum atomic E-state index is -0.575.